The zero-order valence-corrected chi connectivity index (χ0v) is 12.5. The SMILES string of the molecule is COC(C)C1C(=O)c2c(c(F)c(C(F)(F)F)c(F)c2C(F)(F)F)C1O. The Kier molecular flexibility index (Phi) is 4.62. The molecule has 3 atom stereocenters. The number of alkyl halides is 6. The summed E-state index contributed by atoms with van der Waals surface area (Å²) < 4.78 is 111. The van der Waals surface area contributed by atoms with E-state index in [1.165, 1.54) is 0 Å². The van der Waals surface area contributed by atoms with Gasteiger partial charge < -0.3 is 9.84 Å². The van der Waals surface area contributed by atoms with Gasteiger partial charge in [0.25, 0.3) is 0 Å². The molecule has 2 rings (SSSR count). The van der Waals surface area contributed by atoms with Gasteiger partial charge in [-0.25, -0.2) is 8.78 Å². The molecule has 3 nitrogen and oxygen atoms in total. The van der Waals surface area contributed by atoms with Crippen LogP contribution in [0.4, 0.5) is 35.1 Å². The molecule has 0 amide bonds. The van der Waals surface area contributed by atoms with Crippen molar-refractivity contribution in [2.45, 2.75) is 31.5 Å². The molecule has 3 unspecified atom stereocenters. The third-order valence-electron chi connectivity index (χ3n) is 4.04. The minimum atomic E-state index is -5.81. The molecule has 0 spiro atoms. The highest BCUT2D eigenvalue weighted by atomic mass is 19.4. The van der Waals surface area contributed by atoms with Crippen molar-refractivity contribution in [3.63, 3.8) is 0 Å². The van der Waals surface area contributed by atoms with Crippen LogP contribution in [0.15, 0.2) is 0 Å². The quantitative estimate of drug-likeness (QED) is 0.795. The first kappa shape index (κ1) is 19.6. The standard InChI is InChI=1S/C14H10F8O3/c1-3(25-2)4-11(23)5-6(12(4)24)9(15)8(14(20,21)22)10(16)7(5)13(17,18)19/h3-4,12,24H,1-2H3. The third-order valence-corrected chi connectivity index (χ3v) is 4.04. The summed E-state index contributed by atoms with van der Waals surface area (Å²) in [5, 5.41) is 9.97. The fraction of sp³-hybridized carbons (Fsp3) is 0.500. The number of methoxy groups -OCH3 is 1. The number of ketones is 1. The van der Waals surface area contributed by atoms with Crippen LogP contribution in [0.5, 0.6) is 0 Å². The number of fused-ring (bicyclic) bond motifs is 1. The molecule has 1 aromatic carbocycles. The largest absolute Gasteiger partial charge is 0.422 e. The van der Waals surface area contributed by atoms with Crippen molar-refractivity contribution in [1.82, 2.24) is 0 Å². The number of hydrogen-bond donors (Lipinski definition) is 1. The number of ether oxygens (including phenoxy) is 1. The van der Waals surface area contributed by atoms with Crippen LogP contribution in [0, 0.1) is 17.6 Å². The second-order valence-corrected chi connectivity index (χ2v) is 5.44. The average molecular weight is 378 g/mol. The lowest BCUT2D eigenvalue weighted by molar-refractivity contribution is -0.149. The first-order valence-electron chi connectivity index (χ1n) is 6.69. The number of benzene rings is 1. The van der Waals surface area contributed by atoms with Gasteiger partial charge in [0.05, 0.1) is 18.1 Å². The van der Waals surface area contributed by atoms with Gasteiger partial charge in [-0.15, -0.1) is 0 Å². The zero-order valence-electron chi connectivity index (χ0n) is 12.5. The van der Waals surface area contributed by atoms with E-state index in [9.17, 15) is 45.0 Å². The molecule has 1 aliphatic carbocycles. The van der Waals surface area contributed by atoms with Crippen molar-refractivity contribution in [2.24, 2.45) is 5.92 Å². The van der Waals surface area contributed by atoms with Crippen molar-refractivity contribution in [2.75, 3.05) is 7.11 Å². The normalized spacial score (nSPS) is 22.3. The molecular formula is C14H10F8O3. The van der Waals surface area contributed by atoms with Gasteiger partial charge in [0, 0.05) is 18.2 Å². The number of Topliss-reactive ketones (excluding diaryl/α,β-unsaturated/α-hetero) is 1. The van der Waals surface area contributed by atoms with Crippen molar-refractivity contribution in [1.29, 1.82) is 0 Å². The van der Waals surface area contributed by atoms with Crippen LogP contribution in [0.3, 0.4) is 0 Å². The maximum Gasteiger partial charge on any atom is 0.422 e. The van der Waals surface area contributed by atoms with Gasteiger partial charge in [-0.3, -0.25) is 4.79 Å². The lowest BCUT2D eigenvalue weighted by Gasteiger charge is -2.20. The van der Waals surface area contributed by atoms with E-state index in [4.69, 9.17) is 4.74 Å². The maximum absolute atomic E-state index is 14.2. The van der Waals surface area contributed by atoms with E-state index in [-0.39, 0.29) is 0 Å². The van der Waals surface area contributed by atoms with Crippen molar-refractivity contribution in [3.8, 4) is 0 Å². The van der Waals surface area contributed by atoms with Gasteiger partial charge in [0.1, 0.15) is 16.9 Å². The highest BCUT2D eigenvalue weighted by molar-refractivity contribution is 6.05. The van der Waals surface area contributed by atoms with E-state index >= 15 is 0 Å². The molecule has 0 saturated carbocycles. The average Bonchev–Trinajstić information content (AvgIpc) is 2.67. The van der Waals surface area contributed by atoms with E-state index in [2.05, 4.69) is 0 Å². The molecule has 0 radical (unpaired) electrons. The summed E-state index contributed by atoms with van der Waals surface area (Å²) in [5.74, 6) is -8.74. The summed E-state index contributed by atoms with van der Waals surface area (Å²) in [6.45, 7) is 1.14. The minimum absolute atomic E-state index is 1.02. The van der Waals surface area contributed by atoms with Crippen LogP contribution >= 0.6 is 0 Å². The van der Waals surface area contributed by atoms with E-state index < -0.39 is 70.1 Å². The smallest absolute Gasteiger partial charge is 0.387 e. The van der Waals surface area contributed by atoms with E-state index in [1.807, 2.05) is 0 Å². The van der Waals surface area contributed by atoms with Gasteiger partial charge in [-0.1, -0.05) is 0 Å². The Hall–Kier alpha value is -1.75. The van der Waals surface area contributed by atoms with E-state index in [0.717, 1.165) is 14.0 Å². The van der Waals surface area contributed by atoms with E-state index in [1.54, 1.807) is 0 Å². The molecule has 0 aromatic heterocycles. The summed E-state index contributed by atoms with van der Waals surface area (Å²) >= 11 is 0. The Morgan fingerprint density at radius 2 is 1.48 bits per heavy atom. The Morgan fingerprint density at radius 3 is 1.88 bits per heavy atom. The highest BCUT2D eigenvalue weighted by Crippen LogP contribution is 2.50. The van der Waals surface area contributed by atoms with Crippen molar-refractivity contribution >= 4 is 5.78 Å². The number of carbonyl (C=O) groups is 1. The molecule has 25 heavy (non-hydrogen) atoms. The number of carbonyl (C=O) groups excluding carboxylic acids is 1. The summed E-state index contributed by atoms with van der Waals surface area (Å²) in [6.07, 6.45) is -15.1. The number of aliphatic hydroxyl groups is 1. The Morgan fingerprint density at radius 1 is 1.00 bits per heavy atom. The lowest BCUT2D eigenvalue weighted by Crippen LogP contribution is -2.28. The van der Waals surface area contributed by atoms with Gasteiger partial charge in [0.15, 0.2) is 11.6 Å². The zero-order chi connectivity index (χ0) is 19.5. The molecule has 0 saturated heterocycles. The highest BCUT2D eigenvalue weighted by Gasteiger charge is 2.55. The molecule has 1 aromatic rings. The lowest BCUT2D eigenvalue weighted by atomic mass is 9.95. The van der Waals surface area contributed by atoms with Gasteiger partial charge in [-0.2, -0.15) is 26.3 Å². The van der Waals surface area contributed by atoms with Crippen LogP contribution in [0.2, 0.25) is 0 Å². The second kappa shape index (κ2) is 5.90. The summed E-state index contributed by atoms with van der Waals surface area (Å²) in [5.41, 5.74) is -8.53. The third kappa shape index (κ3) is 2.88. The molecule has 1 aliphatic rings. The van der Waals surface area contributed by atoms with E-state index in [0.29, 0.717) is 0 Å². The minimum Gasteiger partial charge on any atom is -0.387 e. The first-order chi connectivity index (χ1) is 11.2. The molecule has 0 heterocycles. The predicted octanol–water partition coefficient (Wildman–Crippen LogP) is 3.88. The number of aliphatic hydroxyl groups excluding tert-OH is 1. The molecule has 1 N–H and O–H groups in total. The van der Waals surface area contributed by atoms with Crippen LogP contribution < -0.4 is 0 Å². The van der Waals surface area contributed by atoms with Crippen LogP contribution in [0.25, 0.3) is 0 Å². The summed E-state index contributed by atoms with van der Waals surface area (Å²) in [4.78, 5) is 12.2. The maximum atomic E-state index is 14.2. The van der Waals surface area contributed by atoms with Crippen LogP contribution in [0.1, 0.15) is 40.1 Å². The number of rotatable bonds is 2. The van der Waals surface area contributed by atoms with Crippen LogP contribution in [-0.4, -0.2) is 24.1 Å². The topological polar surface area (TPSA) is 46.5 Å². The van der Waals surface area contributed by atoms with Gasteiger partial charge in [-0.05, 0) is 6.92 Å². The van der Waals surface area contributed by atoms with Crippen molar-refractivity contribution in [3.05, 3.63) is 33.9 Å². The molecular weight excluding hydrogens is 368 g/mol. The number of halogens is 8. The Labute approximate surface area is 135 Å². The van der Waals surface area contributed by atoms with Crippen LogP contribution in [-0.2, 0) is 17.1 Å². The molecule has 11 heteroatoms. The fourth-order valence-electron chi connectivity index (χ4n) is 2.86. The summed E-state index contributed by atoms with van der Waals surface area (Å²) in [7, 11) is 1.02. The first-order valence-corrected chi connectivity index (χ1v) is 6.69. The van der Waals surface area contributed by atoms with Gasteiger partial charge >= 0.3 is 12.4 Å². The van der Waals surface area contributed by atoms with Gasteiger partial charge in [0.2, 0.25) is 0 Å². The summed E-state index contributed by atoms with van der Waals surface area (Å²) in [6, 6.07) is 0. The molecule has 0 fully saturated rings. The second-order valence-electron chi connectivity index (χ2n) is 5.44. The number of hydrogen-bond acceptors (Lipinski definition) is 3. The molecule has 140 valence electrons. The molecule has 0 bridgehead atoms. The molecule has 0 aliphatic heterocycles. The Bertz CT molecular complexity index is 723. The Balaban J connectivity index is 2.94. The monoisotopic (exact) mass is 378 g/mol. The fourth-order valence-corrected chi connectivity index (χ4v) is 2.86. The predicted molar refractivity (Wildman–Crippen MR) is 65.6 cm³/mol. The van der Waals surface area contributed by atoms with Crippen molar-refractivity contribution < 1.29 is 49.8 Å².